The van der Waals surface area contributed by atoms with E-state index in [-0.39, 0.29) is 17.6 Å². The average Bonchev–Trinajstić information content (AvgIpc) is 3.11. The molecule has 0 spiro atoms. The topological polar surface area (TPSA) is 71.4 Å². The first-order valence-electron chi connectivity index (χ1n) is 7.50. The molecule has 4 unspecified atom stereocenters. The summed E-state index contributed by atoms with van der Waals surface area (Å²) in [6.45, 7) is 0. The molecule has 21 heavy (non-hydrogen) atoms. The molecule has 112 valence electrons. The van der Waals surface area contributed by atoms with Crippen molar-refractivity contribution in [2.45, 2.75) is 36.5 Å². The minimum atomic E-state index is -3.34. The molecular weight excluding hydrogens is 288 g/mol. The second kappa shape index (κ2) is 4.09. The molecule has 3 aliphatic rings. The Morgan fingerprint density at radius 1 is 1.24 bits per heavy atom. The first kappa shape index (κ1) is 13.3. The lowest BCUT2D eigenvalue weighted by Crippen LogP contribution is -2.42. The van der Waals surface area contributed by atoms with E-state index in [0.717, 1.165) is 24.8 Å². The number of benzene rings is 1. The normalized spacial score (nSPS) is 39.3. The number of hydrogen-bond donors (Lipinski definition) is 1. The first-order chi connectivity index (χ1) is 9.95. The SMILES string of the molecule is O=C(O)C1(C2CS(=O)(=O)c3ccccc32)CC2CCC1C2. The third kappa shape index (κ3) is 1.61. The fourth-order valence-electron chi connectivity index (χ4n) is 5.09. The number of carboxylic acids is 1. The molecule has 0 saturated heterocycles. The average molecular weight is 306 g/mol. The van der Waals surface area contributed by atoms with Crippen LogP contribution in [0, 0.1) is 17.3 Å². The van der Waals surface area contributed by atoms with Gasteiger partial charge in [-0.1, -0.05) is 24.6 Å². The van der Waals surface area contributed by atoms with Gasteiger partial charge in [0.1, 0.15) is 0 Å². The van der Waals surface area contributed by atoms with Crippen molar-refractivity contribution in [1.82, 2.24) is 0 Å². The number of hydrogen-bond acceptors (Lipinski definition) is 3. The summed E-state index contributed by atoms with van der Waals surface area (Å²) in [6, 6.07) is 6.96. The summed E-state index contributed by atoms with van der Waals surface area (Å²) in [5, 5.41) is 9.95. The number of aliphatic carboxylic acids is 1. The highest BCUT2D eigenvalue weighted by molar-refractivity contribution is 7.91. The largest absolute Gasteiger partial charge is 0.481 e. The van der Waals surface area contributed by atoms with Gasteiger partial charge in [0.15, 0.2) is 9.84 Å². The third-order valence-corrected chi connectivity index (χ3v) is 7.75. The summed E-state index contributed by atoms with van der Waals surface area (Å²) in [7, 11) is -3.34. The molecular formula is C16H18O4S. The van der Waals surface area contributed by atoms with Gasteiger partial charge in [-0.15, -0.1) is 0 Å². The lowest BCUT2D eigenvalue weighted by atomic mass is 9.63. The van der Waals surface area contributed by atoms with Crippen molar-refractivity contribution in [3.05, 3.63) is 29.8 Å². The summed E-state index contributed by atoms with van der Waals surface area (Å²) < 4.78 is 24.8. The van der Waals surface area contributed by atoms with Crippen LogP contribution in [-0.2, 0) is 14.6 Å². The summed E-state index contributed by atoms with van der Waals surface area (Å²) >= 11 is 0. The van der Waals surface area contributed by atoms with Crippen LogP contribution in [-0.4, -0.2) is 25.2 Å². The van der Waals surface area contributed by atoms with Crippen molar-refractivity contribution in [3.8, 4) is 0 Å². The Bertz CT molecular complexity index is 724. The first-order valence-corrected chi connectivity index (χ1v) is 9.15. The van der Waals surface area contributed by atoms with Crippen LogP contribution in [0.4, 0.5) is 0 Å². The Morgan fingerprint density at radius 2 is 2.00 bits per heavy atom. The van der Waals surface area contributed by atoms with E-state index in [9.17, 15) is 18.3 Å². The lowest BCUT2D eigenvalue weighted by Gasteiger charge is -2.38. The Morgan fingerprint density at radius 3 is 2.62 bits per heavy atom. The fraction of sp³-hybridized carbons (Fsp3) is 0.562. The fourth-order valence-corrected chi connectivity index (χ4v) is 7.04. The second-order valence-electron chi connectivity index (χ2n) is 6.80. The van der Waals surface area contributed by atoms with Crippen molar-refractivity contribution in [1.29, 1.82) is 0 Å². The highest BCUT2D eigenvalue weighted by Gasteiger charge is 2.62. The van der Waals surface area contributed by atoms with Crippen LogP contribution < -0.4 is 0 Å². The van der Waals surface area contributed by atoms with Crippen LogP contribution in [0.15, 0.2) is 29.2 Å². The maximum atomic E-state index is 12.4. The van der Waals surface area contributed by atoms with Crippen LogP contribution >= 0.6 is 0 Å². The van der Waals surface area contributed by atoms with Gasteiger partial charge in [0.05, 0.1) is 16.1 Å². The highest BCUT2D eigenvalue weighted by Crippen LogP contribution is 2.63. The van der Waals surface area contributed by atoms with Crippen molar-refractivity contribution in [3.63, 3.8) is 0 Å². The number of sulfone groups is 1. The van der Waals surface area contributed by atoms with Gasteiger partial charge in [0, 0.05) is 5.92 Å². The molecule has 2 saturated carbocycles. The van der Waals surface area contributed by atoms with Gasteiger partial charge >= 0.3 is 5.97 Å². The monoisotopic (exact) mass is 306 g/mol. The van der Waals surface area contributed by atoms with E-state index < -0.39 is 21.2 Å². The zero-order chi connectivity index (χ0) is 14.8. The molecule has 1 aromatic rings. The summed E-state index contributed by atoms with van der Waals surface area (Å²) in [5.41, 5.74) is -0.143. The highest BCUT2D eigenvalue weighted by atomic mass is 32.2. The minimum Gasteiger partial charge on any atom is -0.481 e. The second-order valence-corrected chi connectivity index (χ2v) is 8.80. The van der Waals surface area contributed by atoms with Crippen LogP contribution in [0.3, 0.4) is 0 Å². The predicted molar refractivity (Wildman–Crippen MR) is 76.8 cm³/mol. The van der Waals surface area contributed by atoms with Crippen LogP contribution in [0.25, 0.3) is 0 Å². The van der Waals surface area contributed by atoms with E-state index >= 15 is 0 Å². The molecule has 1 aliphatic heterocycles. The van der Waals surface area contributed by atoms with E-state index in [4.69, 9.17) is 0 Å². The molecule has 4 rings (SSSR count). The van der Waals surface area contributed by atoms with Crippen molar-refractivity contribution < 1.29 is 18.3 Å². The smallest absolute Gasteiger partial charge is 0.310 e. The van der Waals surface area contributed by atoms with E-state index in [1.165, 1.54) is 0 Å². The maximum absolute atomic E-state index is 12.4. The quantitative estimate of drug-likeness (QED) is 0.911. The maximum Gasteiger partial charge on any atom is 0.310 e. The molecule has 0 amide bonds. The van der Waals surface area contributed by atoms with Gasteiger partial charge in [-0.2, -0.15) is 0 Å². The number of fused-ring (bicyclic) bond motifs is 3. The van der Waals surface area contributed by atoms with E-state index in [1.807, 2.05) is 6.07 Å². The molecule has 4 atom stereocenters. The van der Waals surface area contributed by atoms with E-state index in [1.54, 1.807) is 18.2 Å². The summed E-state index contributed by atoms with van der Waals surface area (Å²) in [4.78, 5) is 12.5. The molecule has 2 bridgehead atoms. The van der Waals surface area contributed by atoms with Crippen LogP contribution in [0.2, 0.25) is 0 Å². The summed E-state index contributed by atoms with van der Waals surface area (Å²) in [6.07, 6.45) is 3.61. The Labute approximate surface area is 124 Å². The lowest BCUT2D eigenvalue weighted by molar-refractivity contribution is -0.154. The standard InChI is InChI=1S/C16H18O4S/c17-15(18)16(8-10-5-6-11(16)7-10)13-9-21(19,20)14-4-2-1-3-12(13)14/h1-4,10-11,13H,5-9H2,(H,17,18). The molecule has 5 heteroatoms. The number of carbonyl (C=O) groups is 1. The van der Waals surface area contributed by atoms with Gasteiger partial charge in [-0.05, 0) is 42.7 Å². The number of rotatable bonds is 2. The predicted octanol–water partition coefficient (Wildman–Crippen LogP) is 2.45. The zero-order valence-electron chi connectivity index (χ0n) is 11.7. The Balaban J connectivity index is 1.89. The van der Waals surface area contributed by atoms with E-state index in [2.05, 4.69) is 0 Å². The van der Waals surface area contributed by atoms with Crippen LogP contribution in [0.1, 0.15) is 37.2 Å². The van der Waals surface area contributed by atoms with E-state index in [0.29, 0.717) is 17.2 Å². The van der Waals surface area contributed by atoms with Crippen LogP contribution in [0.5, 0.6) is 0 Å². The molecule has 2 fully saturated rings. The van der Waals surface area contributed by atoms with Gasteiger partial charge in [-0.25, -0.2) is 8.42 Å². The molecule has 1 heterocycles. The van der Waals surface area contributed by atoms with Crippen molar-refractivity contribution in [2.75, 3.05) is 5.75 Å². The molecule has 2 aliphatic carbocycles. The third-order valence-electron chi connectivity index (χ3n) is 5.93. The Hall–Kier alpha value is -1.36. The molecule has 0 radical (unpaired) electrons. The zero-order valence-corrected chi connectivity index (χ0v) is 12.5. The summed E-state index contributed by atoms with van der Waals surface area (Å²) in [5.74, 6) is -0.631. The Kier molecular flexibility index (Phi) is 2.60. The molecule has 4 nitrogen and oxygen atoms in total. The van der Waals surface area contributed by atoms with Gasteiger partial charge in [0.2, 0.25) is 0 Å². The number of carboxylic acid groups (broad SMARTS) is 1. The van der Waals surface area contributed by atoms with Crippen molar-refractivity contribution >= 4 is 15.8 Å². The van der Waals surface area contributed by atoms with Gasteiger partial charge < -0.3 is 5.11 Å². The minimum absolute atomic E-state index is 0.0398. The van der Waals surface area contributed by atoms with Crippen molar-refractivity contribution in [2.24, 2.45) is 17.3 Å². The molecule has 1 aromatic carbocycles. The molecule has 0 aromatic heterocycles. The molecule has 1 N–H and O–H groups in total. The van der Waals surface area contributed by atoms with Gasteiger partial charge in [0.25, 0.3) is 0 Å². The van der Waals surface area contributed by atoms with Gasteiger partial charge in [-0.3, -0.25) is 4.79 Å².